The van der Waals surface area contributed by atoms with Crippen LogP contribution in [0.1, 0.15) is 39.1 Å². The summed E-state index contributed by atoms with van der Waals surface area (Å²) in [4.78, 5) is 40.6. The predicted octanol–water partition coefficient (Wildman–Crippen LogP) is 5.40. The van der Waals surface area contributed by atoms with Gasteiger partial charge in [0.2, 0.25) is 5.78 Å². The van der Waals surface area contributed by atoms with E-state index >= 15 is 0 Å². The molecule has 160 valence electrons. The second-order valence-corrected chi connectivity index (χ2v) is 8.18. The van der Waals surface area contributed by atoms with Gasteiger partial charge in [-0.1, -0.05) is 72.8 Å². The van der Waals surface area contributed by atoms with E-state index in [1.807, 2.05) is 48.5 Å². The van der Waals surface area contributed by atoms with Gasteiger partial charge in [0.1, 0.15) is 5.92 Å². The Bertz CT molecular complexity index is 1560. The Kier molecular flexibility index (Phi) is 4.20. The number of rotatable bonds is 2. The van der Waals surface area contributed by atoms with E-state index in [1.165, 1.54) is 0 Å². The Morgan fingerprint density at radius 1 is 0.788 bits per heavy atom. The first-order chi connectivity index (χ1) is 16.1. The lowest BCUT2D eigenvalue weighted by Gasteiger charge is -2.34. The molecule has 5 heteroatoms. The molecular formula is C28H19NO4. The molecular weight excluding hydrogens is 414 g/mol. The standard InChI is InChI=1S/C28H19NO4/c1-2-33-28(32)22-21-17-11-5-3-9-15(17)16-10-4-6-12-18(16)24(21)29-25-23(22)26(30)19-13-7-8-14-20(19)27(25)31/h3-14,22,29H,2H2,1H3. The molecule has 1 N–H and O–H groups in total. The van der Waals surface area contributed by atoms with Crippen molar-refractivity contribution >= 4 is 44.8 Å². The first-order valence-corrected chi connectivity index (χ1v) is 10.9. The maximum Gasteiger partial charge on any atom is 0.318 e. The van der Waals surface area contributed by atoms with Crippen molar-refractivity contribution in [3.63, 3.8) is 0 Å². The van der Waals surface area contributed by atoms with Crippen LogP contribution in [0.15, 0.2) is 84.1 Å². The van der Waals surface area contributed by atoms with Crippen LogP contribution in [-0.4, -0.2) is 24.1 Å². The third-order valence-corrected chi connectivity index (χ3v) is 6.48. The highest BCUT2D eigenvalue weighted by molar-refractivity contribution is 6.32. The van der Waals surface area contributed by atoms with Crippen LogP contribution >= 0.6 is 0 Å². The first-order valence-electron chi connectivity index (χ1n) is 10.9. The van der Waals surface area contributed by atoms with E-state index in [2.05, 4.69) is 5.32 Å². The molecule has 5 nitrogen and oxygen atoms in total. The molecule has 1 heterocycles. The minimum atomic E-state index is -1.00. The third kappa shape index (κ3) is 2.62. The summed E-state index contributed by atoms with van der Waals surface area (Å²) in [5, 5.41) is 6.99. The highest BCUT2D eigenvalue weighted by Gasteiger charge is 2.45. The zero-order chi connectivity index (χ0) is 22.7. The number of carbonyl (C=O) groups excluding carboxylic acids is 3. The van der Waals surface area contributed by atoms with Crippen molar-refractivity contribution in [3.05, 3.63) is 101 Å². The third-order valence-electron chi connectivity index (χ3n) is 6.48. The van der Waals surface area contributed by atoms with E-state index in [1.54, 1.807) is 31.2 Å². The van der Waals surface area contributed by atoms with Gasteiger partial charge in [-0.3, -0.25) is 14.4 Å². The Morgan fingerprint density at radius 3 is 2.00 bits per heavy atom. The van der Waals surface area contributed by atoms with E-state index in [0.29, 0.717) is 22.4 Å². The van der Waals surface area contributed by atoms with Gasteiger partial charge in [0.15, 0.2) is 5.78 Å². The summed E-state index contributed by atoms with van der Waals surface area (Å²) in [7, 11) is 0. The number of anilines is 1. The van der Waals surface area contributed by atoms with E-state index in [9.17, 15) is 14.4 Å². The van der Waals surface area contributed by atoms with Crippen LogP contribution in [-0.2, 0) is 9.53 Å². The van der Waals surface area contributed by atoms with Gasteiger partial charge in [0.25, 0.3) is 0 Å². The second-order valence-electron chi connectivity index (χ2n) is 8.18. The maximum atomic E-state index is 13.7. The molecule has 0 amide bonds. The second kappa shape index (κ2) is 7.14. The lowest BCUT2D eigenvalue weighted by atomic mass is 9.74. The number of fused-ring (bicyclic) bond motifs is 7. The van der Waals surface area contributed by atoms with E-state index in [0.717, 1.165) is 21.5 Å². The number of ether oxygens (including phenoxy) is 1. The zero-order valence-corrected chi connectivity index (χ0v) is 17.8. The summed E-state index contributed by atoms with van der Waals surface area (Å²) in [6.07, 6.45) is 0. The molecule has 4 aromatic rings. The van der Waals surface area contributed by atoms with Crippen LogP contribution in [0.4, 0.5) is 5.69 Å². The van der Waals surface area contributed by atoms with Crippen molar-refractivity contribution in [2.24, 2.45) is 0 Å². The van der Waals surface area contributed by atoms with Crippen LogP contribution in [0.3, 0.4) is 0 Å². The summed E-state index contributed by atoms with van der Waals surface area (Å²) < 4.78 is 5.46. The van der Waals surface area contributed by atoms with Crippen LogP contribution in [0.5, 0.6) is 0 Å². The average molecular weight is 433 g/mol. The summed E-state index contributed by atoms with van der Waals surface area (Å²) in [5.41, 5.74) is 2.30. The van der Waals surface area contributed by atoms with Crippen LogP contribution in [0, 0.1) is 0 Å². The van der Waals surface area contributed by atoms with Gasteiger partial charge in [-0.15, -0.1) is 0 Å². The van der Waals surface area contributed by atoms with Gasteiger partial charge >= 0.3 is 5.97 Å². The van der Waals surface area contributed by atoms with Crippen molar-refractivity contribution in [2.45, 2.75) is 12.8 Å². The lowest BCUT2D eigenvalue weighted by molar-refractivity contribution is -0.143. The summed E-state index contributed by atoms with van der Waals surface area (Å²) in [6, 6.07) is 22.4. The smallest absolute Gasteiger partial charge is 0.318 e. The number of hydrogen-bond donors (Lipinski definition) is 1. The summed E-state index contributed by atoms with van der Waals surface area (Å²) >= 11 is 0. The molecule has 0 bridgehead atoms. The zero-order valence-electron chi connectivity index (χ0n) is 17.8. The van der Waals surface area contributed by atoms with Crippen molar-refractivity contribution < 1.29 is 19.1 Å². The average Bonchev–Trinajstić information content (AvgIpc) is 2.86. The summed E-state index contributed by atoms with van der Waals surface area (Å²) in [5.74, 6) is -2.16. The van der Waals surface area contributed by atoms with Crippen LogP contribution in [0.2, 0.25) is 0 Å². The molecule has 1 aliphatic carbocycles. The van der Waals surface area contributed by atoms with Gasteiger partial charge in [-0.05, 0) is 23.1 Å². The van der Waals surface area contributed by atoms with Crippen LogP contribution in [0.25, 0.3) is 21.5 Å². The first kappa shape index (κ1) is 19.4. The molecule has 4 aromatic carbocycles. The quantitative estimate of drug-likeness (QED) is 0.339. The van der Waals surface area contributed by atoms with Crippen molar-refractivity contribution in [3.8, 4) is 0 Å². The fourth-order valence-electron chi connectivity index (χ4n) is 5.13. The fraction of sp³-hybridized carbons (Fsp3) is 0.107. The van der Waals surface area contributed by atoms with Gasteiger partial charge in [-0.25, -0.2) is 0 Å². The Morgan fingerprint density at radius 2 is 1.33 bits per heavy atom. The number of ketones is 2. The van der Waals surface area contributed by atoms with Gasteiger partial charge in [0.05, 0.1) is 18.0 Å². The molecule has 1 unspecified atom stereocenters. The van der Waals surface area contributed by atoms with Crippen LogP contribution < -0.4 is 5.32 Å². The monoisotopic (exact) mass is 433 g/mol. The highest BCUT2D eigenvalue weighted by Crippen LogP contribution is 2.49. The number of hydrogen-bond acceptors (Lipinski definition) is 5. The molecule has 0 saturated heterocycles. The minimum absolute atomic E-state index is 0.157. The number of esters is 1. The maximum absolute atomic E-state index is 13.7. The molecule has 33 heavy (non-hydrogen) atoms. The molecule has 0 fully saturated rings. The van der Waals surface area contributed by atoms with E-state index < -0.39 is 11.9 Å². The SMILES string of the molecule is CCOC(=O)C1C2=C(Nc3c1c1ccccc1c1ccccc31)C(=O)c1ccccc1C2=O. The number of carbonyl (C=O) groups is 3. The topological polar surface area (TPSA) is 72.5 Å². The number of allylic oxidation sites excluding steroid dienone is 1. The molecule has 1 aliphatic heterocycles. The summed E-state index contributed by atoms with van der Waals surface area (Å²) in [6.45, 7) is 1.90. The van der Waals surface area contributed by atoms with E-state index in [-0.39, 0.29) is 29.4 Å². The highest BCUT2D eigenvalue weighted by atomic mass is 16.5. The largest absolute Gasteiger partial charge is 0.465 e. The van der Waals surface area contributed by atoms with Gasteiger partial charge in [-0.2, -0.15) is 0 Å². The Balaban J connectivity index is 1.74. The Labute approximate surface area is 189 Å². The number of nitrogens with one attached hydrogen (secondary N) is 1. The Hall–Kier alpha value is -4.25. The number of benzene rings is 4. The minimum Gasteiger partial charge on any atom is -0.465 e. The van der Waals surface area contributed by atoms with Gasteiger partial charge < -0.3 is 10.1 Å². The van der Waals surface area contributed by atoms with Gasteiger partial charge in [0, 0.05) is 27.6 Å². The molecule has 1 atom stereocenters. The normalized spacial score (nSPS) is 16.8. The van der Waals surface area contributed by atoms with Crippen molar-refractivity contribution in [1.29, 1.82) is 0 Å². The molecule has 0 radical (unpaired) electrons. The lowest BCUT2D eigenvalue weighted by Crippen LogP contribution is -2.36. The molecule has 0 aromatic heterocycles. The van der Waals surface area contributed by atoms with Crippen molar-refractivity contribution in [1.82, 2.24) is 0 Å². The fourth-order valence-corrected chi connectivity index (χ4v) is 5.13. The molecule has 6 rings (SSSR count). The van der Waals surface area contributed by atoms with Crippen molar-refractivity contribution in [2.75, 3.05) is 11.9 Å². The molecule has 2 aliphatic rings. The molecule has 0 spiro atoms. The predicted molar refractivity (Wildman–Crippen MR) is 127 cm³/mol. The van der Waals surface area contributed by atoms with E-state index in [4.69, 9.17) is 4.74 Å². The molecule has 0 saturated carbocycles. The number of Topliss-reactive ketones (excluding diaryl/α,β-unsaturated/α-hetero) is 2.